The van der Waals surface area contributed by atoms with Crippen LogP contribution in [-0.4, -0.2) is 42.2 Å². The van der Waals surface area contributed by atoms with Crippen LogP contribution < -0.4 is 4.74 Å². The Balaban J connectivity index is 1.78. The molecule has 1 aliphatic rings. The fraction of sp³-hybridized carbons (Fsp3) is 0.400. The van der Waals surface area contributed by atoms with Gasteiger partial charge in [0, 0.05) is 6.42 Å². The number of methoxy groups -OCH3 is 1. The largest absolute Gasteiger partial charge is 0.494 e. The number of ether oxygens (including phenoxy) is 3. The van der Waals surface area contributed by atoms with Gasteiger partial charge in [-0.3, -0.25) is 4.79 Å². The van der Waals surface area contributed by atoms with Crippen molar-refractivity contribution in [2.24, 2.45) is 0 Å². The smallest absolute Gasteiger partial charge is 0.304 e. The minimum Gasteiger partial charge on any atom is -0.494 e. The van der Waals surface area contributed by atoms with Crippen LogP contribution in [0.25, 0.3) is 6.08 Å². The highest BCUT2D eigenvalue weighted by Gasteiger charge is 2.29. The maximum Gasteiger partial charge on any atom is 0.304 e. The molecule has 2 aromatic rings. The summed E-state index contributed by atoms with van der Waals surface area (Å²) < 4.78 is 35.5. The van der Waals surface area contributed by atoms with Crippen molar-refractivity contribution < 1.29 is 32.9 Å². The summed E-state index contributed by atoms with van der Waals surface area (Å²) in [5.74, 6) is -2.70. The van der Waals surface area contributed by atoms with E-state index < -0.39 is 23.5 Å². The second-order valence-corrected chi connectivity index (χ2v) is 6.59. The minimum atomic E-state index is -1.04. The van der Waals surface area contributed by atoms with Crippen molar-refractivity contribution in [3.05, 3.63) is 53.5 Å². The molecule has 0 spiro atoms. The molecular weight excluding hydrogens is 369 g/mol. The third-order valence-corrected chi connectivity index (χ3v) is 4.47. The molecule has 1 atom stereocenters. The van der Waals surface area contributed by atoms with Gasteiger partial charge in [0.25, 0.3) is 0 Å². The molecule has 1 aromatic carbocycles. The number of aromatic nitrogens is 1. The quantitative estimate of drug-likeness (QED) is 0.735. The lowest BCUT2D eigenvalue weighted by molar-refractivity contribution is -0.138. The lowest BCUT2D eigenvalue weighted by Crippen LogP contribution is -2.24. The van der Waals surface area contributed by atoms with Gasteiger partial charge in [0.2, 0.25) is 5.89 Å². The van der Waals surface area contributed by atoms with E-state index in [1.165, 1.54) is 25.5 Å². The van der Waals surface area contributed by atoms with Gasteiger partial charge in [-0.25, -0.2) is 9.37 Å². The van der Waals surface area contributed by atoms with E-state index in [1.54, 1.807) is 12.1 Å². The van der Waals surface area contributed by atoms with Crippen LogP contribution in [0.4, 0.5) is 4.39 Å². The van der Waals surface area contributed by atoms with Crippen LogP contribution in [0, 0.1) is 5.82 Å². The van der Waals surface area contributed by atoms with Crippen molar-refractivity contribution in [3.63, 3.8) is 0 Å². The fourth-order valence-corrected chi connectivity index (χ4v) is 3.03. The van der Waals surface area contributed by atoms with Crippen LogP contribution in [0.2, 0.25) is 0 Å². The van der Waals surface area contributed by atoms with E-state index in [0.29, 0.717) is 30.9 Å². The summed E-state index contributed by atoms with van der Waals surface area (Å²) in [5.41, 5.74) is 0.972. The lowest BCUT2D eigenvalue weighted by atomic mass is 9.95. The van der Waals surface area contributed by atoms with Gasteiger partial charge in [0.15, 0.2) is 17.4 Å². The molecule has 150 valence electrons. The maximum absolute atomic E-state index is 14.1. The van der Waals surface area contributed by atoms with Crippen molar-refractivity contribution in [2.75, 3.05) is 20.3 Å². The van der Waals surface area contributed by atoms with Gasteiger partial charge in [-0.15, -0.1) is 0 Å². The number of carboxylic acid groups (broad SMARTS) is 1. The molecule has 1 aliphatic heterocycles. The average molecular weight is 391 g/mol. The van der Waals surface area contributed by atoms with Crippen LogP contribution in [-0.2, 0) is 14.3 Å². The van der Waals surface area contributed by atoms with Gasteiger partial charge in [0.1, 0.15) is 12.0 Å². The highest BCUT2D eigenvalue weighted by molar-refractivity contribution is 5.68. The number of hydrogen-bond acceptors (Lipinski definition) is 6. The zero-order valence-electron chi connectivity index (χ0n) is 15.7. The predicted octanol–water partition coefficient (Wildman–Crippen LogP) is 3.60. The van der Waals surface area contributed by atoms with E-state index in [0.717, 1.165) is 0 Å². The fourth-order valence-electron chi connectivity index (χ4n) is 3.03. The first-order chi connectivity index (χ1) is 13.4. The van der Waals surface area contributed by atoms with Crippen LogP contribution in [0.5, 0.6) is 5.75 Å². The molecule has 0 bridgehead atoms. The highest BCUT2D eigenvalue weighted by Crippen LogP contribution is 2.31. The van der Waals surface area contributed by atoms with Gasteiger partial charge in [-0.1, -0.05) is 12.1 Å². The molecule has 1 unspecified atom stereocenters. The monoisotopic (exact) mass is 391 g/mol. The average Bonchev–Trinajstić information content (AvgIpc) is 3.29. The molecule has 0 amide bonds. The van der Waals surface area contributed by atoms with E-state index in [4.69, 9.17) is 18.6 Å². The second-order valence-electron chi connectivity index (χ2n) is 6.59. The van der Waals surface area contributed by atoms with Crippen LogP contribution in [0.15, 0.2) is 35.0 Å². The summed E-state index contributed by atoms with van der Waals surface area (Å²) in [4.78, 5) is 15.6. The van der Waals surface area contributed by atoms with Gasteiger partial charge in [-0.2, -0.15) is 0 Å². The molecule has 1 saturated heterocycles. The lowest BCUT2D eigenvalue weighted by Gasteiger charge is -2.19. The third kappa shape index (κ3) is 4.76. The van der Waals surface area contributed by atoms with Gasteiger partial charge in [0.05, 0.1) is 32.7 Å². The zero-order chi connectivity index (χ0) is 20.1. The number of halogens is 1. The number of carboxylic acids is 1. The van der Waals surface area contributed by atoms with E-state index in [9.17, 15) is 14.3 Å². The molecule has 0 radical (unpaired) electrons. The van der Waals surface area contributed by atoms with E-state index in [2.05, 4.69) is 4.98 Å². The van der Waals surface area contributed by atoms with Crippen molar-refractivity contribution in [3.8, 4) is 5.75 Å². The molecule has 0 aliphatic carbocycles. The SMILES string of the molecule is COc1ccc(C(CC(=O)O)c2nc(C=CCC3(C)OCCO3)co2)cc1F. The number of rotatable bonds is 8. The van der Waals surface area contributed by atoms with E-state index in [-0.39, 0.29) is 18.1 Å². The Labute approximate surface area is 161 Å². The summed E-state index contributed by atoms with van der Waals surface area (Å²) in [6.45, 7) is 2.99. The molecule has 2 heterocycles. The maximum atomic E-state index is 14.1. The van der Waals surface area contributed by atoms with Crippen molar-refractivity contribution >= 4 is 12.0 Å². The van der Waals surface area contributed by atoms with Crippen LogP contribution in [0.1, 0.15) is 42.8 Å². The number of oxazole rings is 1. The van der Waals surface area contributed by atoms with Crippen LogP contribution >= 0.6 is 0 Å². The summed E-state index contributed by atoms with van der Waals surface area (Å²) in [5, 5.41) is 9.24. The normalized spacial score (nSPS) is 17.1. The predicted molar refractivity (Wildman–Crippen MR) is 97.5 cm³/mol. The van der Waals surface area contributed by atoms with Crippen molar-refractivity contribution in [2.45, 2.75) is 31.5 Å². The number of hydrogen-bond donors (Lipinski definition) is 1. The first-order valence-corrected chi connectivity index (χ1v) is 8.85. The first kappa shape index (κ1) is 20.0. The molecule has 1 fully saturated rings. The van der Waals surface area contributed by atoms with Crippen LogP contribution in [0.3, 0.4) is 0 Å². The Hall–Kier alpha value is -2.71. The number of carbonyl (C=O) groups is 1. The Morgan fingerprint density at radius 2 is 2.18 bits per heavy atom. The molecular formula is C20H22FNO6. The Morgan fingerprint density at radius 1 is 1.43 bits per heavy atom. The molecule has 7 nitrogen and oxygen atoms in total. The molecule has 8 heteroatoms. The van der Waals surface area contributed by atoms with Crippen molar-refractivity contribution in [1.29, 1.82) is 0 Å². The van der Waals surface area contributed by atoms with Gasteiger partial charge < -0.3 is 23.7 Å². The highest BCUT2D eigenvalue weighted by atomic mass is 19.1. The standard InChI is InChI=1S/C20H22FNO6/c1-20(27-8-9-28-20)7-3-4-14-12-26-19(22-14)15(11-18(23)24)13-5-6-17(25-2)16(21)10-13/h3-6,10,12,15H,7-9,11H2,1-2H3,(H,23,24). The van der Waals surface area contributed by atoms with E-state index in [1.807, 2.05) is 13.0 Å². The summed E-state index contributed by atoms with van der Waals surface area (Å²) in [7, 11) is 1.36. The summed E-state index contributed by atoms with van der Waals surface area (Å²) >= 11 is 0. The zero-order valence-corrected chi connectivity index (χ0v) is 15.7. The molecule has 28 heavy (non-hydrogen) atoms. The summed E-state index contributed by atoms with van der Waals surface area (Å²) in [6.07, 6.45) is 5.29. The Morgan fingerprint density at radius 3 is 2.82 bits per heavy atom. The van der Waals surface area contributed by atoms with E-state index >= 15 is 0 Å². The molecule has 1 N–H and O–H groups in total. The van der Waals surface area contributed by atoms with Crippen molar-refractivity contribution in [1.82, 2.24) is 4.98 Å². The number of nitrogens with zero attached hydrogens (tertiary/aromatic N) is 1. The number of aliphatic carboxylic acids is 1. The Bertz CT molecular complexity index is 856. The topological polar surface area (TPSA) is 91.0 Å². The third-order valence-electron chi connectivity index (χ3n) is 4.47. The number of benzene rings is 1. The molecule has 3 rings (SSSR count). The summed E-state index contributed by atoms with van der Waals surface area (Å²) in [6, 6.07) is 4.29. The minimum absolute atomic E-state index is 0.0821. The molecule has 0 saturated carbocycles. The van der Waals surface area contributed by atoms with Gasteiger partial charge in [-0.05, 0) is 30.7 Å². The Kier molecular flexibility index (Phi) is 6.11. The first-order valence-electron chi connectivity index (χ1n) is 8.85. The molecule has 1 aromatic heterocycles. The second kappa shape index (κ2) is 8.53. The van der Waals surface area contributed by atoms with Gasteiger partial charge >= 0.3 is 5.97 Å².